The maximum Gasteiger partial charge on any atom is 0.336 e. The van der Waals surface area contributed by atoms with Crippen molar-refractivity contribution in [1.82, 2.24) is 0 Å². The number of carboxylic acid groups (broad SMARTS) is 1. The van der Waals surface area contributed by atoms with Crippen molar-refractivity contribution in [3.63, 3.8) is 0 Å². The average Bonchev–Trinajstić information content (AvgIpc) is 3.18. The molecule has 3 heterocycles. The van der Waals surface area contributed by atoms with Crippen LogP contribution in [0.3, 0.4) is 0 Å². The Hall–Kier alpha value is -2.57. The summed E-state index contributed by atoms with van der Waals surface area (Å²) in [6.45, 7) is 9.01. The summed E-state index contributed by atoms with van der Waals surface area (Å²) >= 11 is 0. The number of hydrogen-bond donors (Lipinski definition) is 2. The molecule has 2 N–H and O–H groups in total. The number of carboxylic acids is 1. The minimum absolute atomic E-state index is 0.166. The Morgan fingerprint density at radius 2 is 1.82 bits per heavy atom. The lowest BCUT2D eigenvalue weighted by molar-refractivity contribution is 0.0567. The van der Waals surface area contributed by atoms with Crippen LogP contribution in [0.2, 0.25) is 0 Å². The fourth-order valence-corrected chi connectivity index (χ4v) is 5.91. The van der Waals surface area contributed by atoms with Gasteiger partial charge in [0.15, 0.2) is 0 Å². The maximum atomic E-state index is 12.2. The lowest BCUT2D eigenvalue weighted by Gasteiger charge is -2.36. The van der Waals surface area contributed by atoms with Crippen LogP contribution in [0.1, 0.15) is 54.1 Å². The Morgan fingerprint density at radius 1 is 1.09 bits per heavy atom. The van der Waals surface area contributed by atoms with Gasteiger partial charge < -0.3 is 24.8 Å². The number of nitrogens with zero attached hydrogens (tertiary/aromatic N) is 1. The summed E-state index contributed by atoms with van der Waals surface area (Å²) in [5.74, 6) is -0.876. The predicted molar refractivity (Wildman–Crippen MR) is 131 cm³/mol. The van der Waals surface area contributed by atoms with Crippen molar-refractivity contribution < 1.29 is 19.4 Å². The van der Waals surface area contributed by atoms with Crippen LogP contribution in [0.25, 0.3) is 11.1 Å². The predicted octanol–water partition coefficient (Wildman–Crippen LogP) is 4.84. The smallest absolute Gasteiger partial charge is 0.336 e. The molecule has 33 heavy (non-hydrogen) atoms. The zero-order valence-corrected chi connectivity index (χ0v) is 19.7. The fourth-order valence-electron chi connectivity index (χ4n) is 5.91. The fraction of sp³-hybridized carbons (Fsp3) is 0.519. The van der Waals surface area contributed by atoms with E-state index >= 15 is 0 Å². The number of carbonyl (C=O) groups is 1. The van der Waals surface area contributed by atoms with Gasteiger partial charge in [0.1, 0.15) is 0 Å². The van der Waals surface area contributed by atoms with Crippen molar-refractivity contribution in [2.24, 2.45) is 0 Å². The number of hydrogen-bond acceptors (Lipinski definition) is 5. The first kappa shape index (κ1) is 22.2. The molecule has 0 aliphatic carbocycles. The average molecular weight is 451 g/mol. The monoisotopic (exact) mass is 450 g/mol. The standard InChI is InChI=1S/C27H34N2O4/c1-3-29(21-6-10-32-11-7-21)25-16-20(14-22(18(25)2)26(30)31)19-4-5-23-24(15-19)28-17-27(23)8-12-33-13-9-27/h4-5,14-16,21,28H,3,6-13,17H2,1-2H3,(H,30,31). The largest absolute Gasteiger partial charge is 0.478 e. The van der Waals surface area contributed by atoms with Gasteiger partial charge in [-0.15, -0.1) is 0 Å². The molecule has 0 amide bonds. The Labute approximate surface area is 195 Å². The Morgan fingerprint density at radius 3 is 2.52 bits per heavy atom. The first-order valence-corrected chi connectivity index (χ1v) is 12.2. The number of aromatic carboxylic acids is 1. The Bertz CT molecular complexity index is 1040. The molecule has 2 aromatic rings. The molecule has 3 aliphatic rings. The second-order valence-electron chi connectivity index (χ2n) is 9.61. The number of ether oxygens (including phenoxy) is 2. The van der Waals surface area contributed by atoms with Crippen LogP contribution in [0.5, 0.6) is 0 Å². The van der Waals surface area contributed by atoms with E-state index in [2.05, 4.69) is 41.4 Å². The molecule has 0 aromatic heterocycles. The van der Waals surface area contributed by atoms with E-state index in [1.807, 2.05) is 13.0 Å². The van der Waals surface area contributed by atoms with E-state index in [0.29, 0.717) is 11.6 Å². The van der Waals surface area contributed by atoms with Gasteiger partial charge in [-0.2, -0.15) is 0 Å². The molecule has 3 aliphatic heterocycles. The Kier molecular flexibility index (Phi) is 6.06. The third-order valence-electron chi connectivity index (χ3n) is 7.88. The van der Waals surface area contributed by atoms with Crippen molar-refractivity contribution in [2.75, 3.05) is 49.7 Å². The van der Waals surface area contributed by atoms with Gasteiger partial charge in [-0.05, 0) is 80.0 Å². The molecule has 2 aromatic carbocycles. The summed E-state index contributed by atoms with van der Waals surface area (Å²) in [4.78, 5) is 14.5. The van der Waals surface area contributed by atoms with Gasteiger partial charge in [-0.1, -0.05) is 12.1 Å². The molecular weight excluding hydrogens is 416 g/mol. The normalized spacial score (nSPS) is 19.8. The summed E-state index contributed by atoms with van der Waals surface area (Å²) in [5.41, 5.74) is 6.95. The molecule has 0 saturated carbocycles. The van der Waals surface area contributed by atoms with E-state index in [0.717, 1.165) is 87.6 Å². The van der Waals surface area contributed by atoms with Crippen LogP contribution >= 0.6 is 0 Å². The summed E-state index contributed by atoms with van der Waals surface area (Å²) in [6.07, 6.45) is 4.02. The highest BCUT2D eigenvalue weighted by atomic mass is 16.5. The van der Waals surface area contributed by atoms with E-state index in [-0.39, 0.29) is 5.41 Å². The number of anilines is 2. The lowest BCUT2D eigenvalue weighted by Crippen LogP contribution is -2.40. The first-order chi connectivity index (χ1) is 16.0. The second kappa shape index (κ2) is 8.99. The SMILES string of the molecule is CCN(c1cc(-c2ccc3c(c2)NCC32CCOCC2)cc(C(=O)O)c1C)C1CCOCC1. The highest BCUT2D eigenvalue weighted by Gasteiger charge is 2.40. The molecule has 2 fully saturated rings. The summed E-state index contributed by atoms with van der Waals surface area (Å²) in [7, 11) is 0. The van der Waals surface area contributed by atoms with Crippen molar-refractivity contribution >= 4 is 17.3 Å². The van der Waals surface area contributed by atoms with Gasteiger partial charge in [0.05, 0.1) is 5.56 Å². The molecule has 0 bridgehead atoms. The van der Waals surface area contributed by atoms with Gasteiger partial charge in [0.2, 0.25) is 0 Å². The third kappa shape index (κ3) is 4.00. The highest BCUT2D eigenvalue weighted by Crippen LogP contribution is 2.45. The zero-order chi connectivity index (χ0) is 23.0. The molecule has 0 unspecified atom stereocenters. The maximum absolute atomic E-state index is 12.2. The van der Waals surface area contributed by atoms with Crippen molar-refractivity contribution in [3.05, 3.63) is 47.0 Å². The van der Waals surface area contributed by atoms with E-state index in [9.17, 15) is 9.90 Å². The molecule has 0 radical (unpaired) electrons. The second-order valence-corrected chi connectivity index (χ2v) is 9.61. The van der Waals surface area contributed by atoms with Gasteiger partial charge in [0.25, 0.3) is 0 Å². The minimum Gasteiger partial charge on any atom is -0.478 e. The lowest BCUT2D eigenvalue weighted by atomic mass is 9.75. The quantitative estimate of drug-likeness (QED) is 0.679. The number of nitrogens with one attached hydrogen (secondary N) is 1. The summed E-state index contributed by atoms with van der Waals surface area (Å²) in [5, 5.41) is 13.6. The van der Waals surface area contributed by atoms with Gasteiger partial charge in [-0.25, -0.2) is 4.79 Å². The van der Waals surface area contributed by atoms with Gasteiger partial charge in [-0.3, -0.25) is 0 Å². The van der Waals surface area contributed by atoms with Crippen molar-refractivity contribution in [3.8, 4) is 11.1 Å². The molecule has 0 atom stereocenters. The highest BCUT2D eigenvalue weighted by molar-refractivity contribution is 5.94. The third-order valence-corrected chi connectivity index (χ3v) is 7.88. The topological polar surface area (TPSA) is 71.0 Å². The minimum atomic E-state index is -0.876. The van der Waals surface area contributed by atoms with Crippen molar-refractivity contribution in [2.45, 2.75) is 51.0 Å². The number of benzene rings is 2. The summed E-state index contributed by atoms with van der Waals surface area (Å²) in [6, 6.07) is 11.0. The Balaban J connectivity index is 1.55. The number of fused-ring (bicyclic) bond motifs is 2. The van der Waals surface area contributed by atoms with Crippen LogP contribution in [0.4, 0.5) is 11.4 Å². The van der Waals surface area contributed by atoms with Crippen LogP contribution in [-0.2, 0) is 14.9 Å². The van der Waals surface area contributed by atoms with E-state index in [1.165, 1.54) is 11.3 Å². The summed E-state index contributed by atoms with van der Waals surface area (Å²) < 4.78 is 11.2. The van der Waals surface area contributed by atoms with Gasteiger partial charge in [0, 0.05) is 62.3 Å². The number of rotatable bonds is 5. The van der Waals surface area contributed by atoms with E-state index in [4.69, 9.17) is 9.47 Å². The van der Waals surface area contributed by atoms with Gasteiger partial charge >= 0.3 is 5.97 Å². The molecule has 176 valence electrons. The van der Waals surface area contributed by atoms with Crippen LogP contribution < -0.4 is 10.2 Å². The van der Waals surface area contributed by atoms with E-state index in [1.54, 1.807) is 0 Å². The van der Waals surface area contributed by atoms with Crippen LogP contribution in [0.15, 0.2) is 30.3 Å². The van der Waals surface area contributed by atoms with Crippen LogP contribution in [0, 0.1) is 6.92 Å². The zero-order valence-electron chi connectivity index (χ0n) is 19.7. The van der Waals surface area contributed by atoms with Crippen LogP contribution in [-0.4, -0.2) is 56.6 Å². The molecule has 2 saturated heterocycles. The first-order valence-electron chi connectivity index (χ1n) is 12.2. The van der Waals surface area contributed by atoms with E-state index < -0.39 is 5.97 Å². The molecule has 1 spiro atoms. The molecule has 5 rings (SSSR count). The molecular formula is C27H34N2O4. The molecule has 6 heteroatoms. The molecule has 6 nitrogen and oxygen atoms in total. The van der Waals surface area contributed by atoms with Crippen molar-refractivity contribution in [1.29, 1.82) is 0 Å².